The molecule has 0 bridgehead atoms. The molecule has 0 spiro atoms. The molecule has 7 nitrogen and oxygen atoms in total. The summed E-state index contributed by atoms with van der Waals surface area (Å²) in [7, 11) is 5.00. The molecule has 0 aliphatic rings. The zero-order chi connectivity index (χ0) is 18.0. The number of ether oxygens (including phenoxy) is 2. The monoisotopic (exact) mass is 340 g/mol. The lowest BCUT2D eigenvalue weighted by molar-refractivity contribution is -0.115. The minimum absolute atomic E-state index is 0.158. The van der Waals surface area contributed by atoms with Crippen molar-refractivity contribution in [1.29, 1.82) is 0 Å². The van der Waals surface area contributed by atoms with Crippen LogP contribution in [0.1, 0.15) is 11.3 Å². The second-order valence-electron chi connectivity index (χ2n) is 5.71. The lowest BCUT2D eigenvalue weighted by atomic mass is 10.1. The number of aryl methyl sites for hydroxylation is 2. The summed E-state index contributed by atoms with van der Waals surface area (Å²) in [5.74, 6) is 1.17. The van der Waals surface area contributed by atoms with Gasteiger partial charge in [0.1, 0.15) is 11.5 Å². The number of nitrogens with zero attached hydrogens (tertiary/aromatic N) is 3. The van der Waals surface area contributed by atoms with E-state index in [2.05, 4.69) is 15.4 Å². The molecule has 1 amide bonds. The fourth-order valence-electron chi connectivity index (χ4n) is 2.77. The standard InChI is InChI=1S/C18H20N4O3/c1-11-15-9-13(10-19-18(15)22(2)21-11)20-17(23)8-12-7-14(24-3)5-6-16(12)25-4/h5-7,9-10H,8H2,1-4H3,(H,20,23). The third-order valence-electron chi connectivity index (χ3n) is 3.99. The highest BCUT2D eigenvalue weighted by Crippen LogP contribution is 2.25. The second-order valence-corrected chi connectivity index (χ2v) is 5.71. The van der Waals surface area contributed by atoms with Crippen molar-refractivity contribution in [3.8, 4) is 11.5 Å². The van der Waals surface area contributed by atoms with Crippen molar-refractivity contribution in [3.63, 3.8) is 0 Å². The predicted octanol–water partition coefficient (Wildman–Crippen LogP) is 2.48. The van der Waals surface area contributed by atoms with Crippen LogP contribution in [0, 0.1) is 6.92 Å². The predicted molar refractivity (Wildman–Crippen MR) is 95.1 cm³/mol. The smallest absolute Gasteiger partial charge is 0.228 e. The summed E-state index contributed by atoms with van der Waals surface area (Å²) in [6, 6.07) is 7.26. The highest BCUT2D eigenvalue weighted by Gasteiger charge is 2.12. The Morgan fingerprint density at radius 2 is 2.04 bits per heavy atom. The number of methoxy groups -OCH3 is 2. The second kappa shape index (κ2) is 6.80. The fourth-order valence-corrected chi connectivity index (χ4v) is 2.77. The van der Waals surface area contributed by atoms with Gasteiger partial charge in [-0.3, -0.25) is 9.48 Å². The summed E-state index contributed by atoms with van der Waals surface area (Å²) in [5, 5.41) is 8.12. The number of benzene rings is 1. The van der Waals surface area contributed by atoms with Gasteiger partial charge in [-0.05, 0) is 31.2 Å². The van der Waals surface area contributed by atoms with Crippen LogP contribution in [-0.2, 0) is 18.3 Å². The summed E-state index contributed by atoms with van der Waals surface area (Å²) in [5.41, 5.74) is 3.04. The Morgan fingerprint density at radius 1 is 1.24 bits per heavy atom. The molecule has 7 heteroatoms. The van der Waals surface area contributed by atoms with Crippen molar-refractivity contribution < 1.29 is 14.3 Å². The molecule has 0 saturated carbocycles. The van der Waals surface area contributed by atoms with Crippen LogP contribution in [-0.4, -0.2) is 34.9 Å². The molecule has 2 aromatic heterocycles. The van der Waals surface area contributed by atoms with Gasteiger partial charge in [0.25, 0.3) is 0 Å². The molecule has 0 aliphatic carbocycles. The number of aromatic nitrogens is 3. The van der Waals surface area contributed by atoms with E-state index in [1.807, 2.05) is 20.0 Å². The highest BCUT2D eigenvalue weighted by atomic mass is 16.5. The molecule has 0 atom stereocenters. The van der Waals surface area contributed by atoms with E-state index in [0.29, 0.717) is 17.2 Å². The third-order valence-corrected chi connectivity index (χ3v) is 3.99. The highest BCUT2D eigenvalue weighted by molar-refractivity contribution is 5.94. The van der Waals surface area contributed by atoms with Crippen LogP contribution in [0.4, 0.5) is 5.69 Å². The van der Waals surface area contributed by atoms with Gasteiger partial charge in [0.05, 0.1) is 38.2 Å². The molecule has 0 saturated heterocycles. The Bertz CT molecular complexity index is 933. The molecule has 0 fully saturated rings. The van der Waals surface area contributed by atoms with Gasteiger partial charge < -0.3 is 14.8 Å². The van der Waals surface area contributed by atoms with E-state index in [-0.39, 0.29) is 12.3 Å². The van der Waals surface area contributed by atoms with Crippen LogP contribution in [0.25, 0.3) is 11.0 Å². The van der Waals surface area contributed by atoms with Crippen molar-refractivity contribution >= 4 is 22.6 Å². The van der Waals surface area contributed by atoms with Crippen LogP contribution in [0.5, 0.6) is 11.5 Å². The fraction of sp³-hybridized carbons (Fsp3) is 0.278. The number of anilines is 1. The molecule has 3 rings (SSSR count). The molecule has 0 unspecified atom stereocenters. The lowest BCUT2D eigenvalue weighted by Crippen LogP contribution is -2.15. The Kier molecular flexibility index (Phi) is 4.56. The van der Waals surface area contributed by atoms with Crippen molar-refractivity contribution in [2.75, 3.05) is 19.5 Å². The van der Waals surface area contributed by atoms with Crippen molar-refractivity contribution in [2.24, 2.45) is 7.05 Å². The van der Waals surface area contributed by atoms with Crippen LogP contribution in [0.2, 0.25) is 0 Å². The van der Waals surface area contributed by atoms with Crippen LogP contribution >= 0.6 is 0 Å². The topological polar surface area (TPSA) is 78.3 Å². The molecule has 1 N–H and O–H groups in total. The van der Waals surface area contributed by atoms with Gasteiger partial charge in [0, 0.05) is 18.0 Å². The van der Waals surface area contributed by atoms with Crippen LogP contribution in [0.3, 0.4) is 0 Å². The van der Waals surface area contributed by atoms with Gasteiger partial charge in [-0.1, -0.05) is 0 Å². The third kappa shape index (κ3) is 3.40. The minimum atomic E-state index is -0.158. The Labute approximate surface area is 145 Å². The maximum atomic E-state index is 12.4. The van der Waals surface area contributed by atoms with Crippen LogP contribution < -0.4 is 14.8 Å². The number of hydrogen-bond acceptors (Lipinski definition) is 5. The summed E-state index contributed by atoms with van der Waals surface area (Å²) in [6.07, 6.45) is 1.80. The first-order valence-electron chi connectivity index (χ1n) is 7.82. The summed E-state index contributed by atoms with van der Waals surface area (Å²) in [4.78, 5) is 16.8. The first-order valence-corrected chi connectivity index (χ1v) is 7.82. The van der Waals surface area contributed by atoms with E-state index < -0.39 is 0 Å². The summed E-state index contributed by atoms with van der Waals surface area (Å²) >= 11 is 0. The normalized spacial score (nSPS) is 10.7. The van der Waals surface area contributed by atoms with Gasteiger partial charge in [-0.15, -0.1) is 0 Å². The SMILES string of the molecule is COc1ccc(OC)c(CC(=O)Nc2cnc3c(c2)c(C)nn3C)c1. The lowest BCUT2D eigenvalue weighted by Gasteiger charge is -2.11. The maximum Gasteiger partial charge on any atom is 0.228 e. The number of rotatable bonds is 5. The molecular weight excluding hydrogens is 320 g/mol. The number of amides is 1. The average Bonchev–Trinajstić information content (AvgIpc) is 2.88. The van der Waals surface area contributed by atoms with Gasteiger partial charge in [0.2, 0.25) is 5.91 Å². The maximum absolute atomic E-state index is 12.4. The molecule has 25 heavy (non-hydrogen) atoms. The summed E-state index contributed by atoms with van der Waals surface area (Å²) in [6.45, 7) is 1.91. The van der Waals surface area contributed by atoms with E-state index >= 15 is 0 Å². The van der Waals surface area contributed by atoms with Gasteiger partial charge >= 0.3 is 0 Å². The van der Waals surface area contributed by atoms with Crippen molar-refractivity contribution in [3.05, 3.63) is 41.7 Å². The zero-order valence-electron chi connectivity index (χ0n) is 14.7. The van der Waals surface area contributed by atoms with E-state index in [1.165, 1.54) is 0 Å². The van der Waals surface area contributed by atoms with Gasteiger partial charge in [-0.25, -0.2) is 4.98 Å². The molecule has 3 aromatic rings. The first-order chi connectivity index (χ1) is 12.0. The van der Waals surface area contributed by atoms with E-state index in [1.54, 1.807) is 43.3 Å². The number of fused-ring (bicyclic) bond motifs is 1. The minimum Gasteiger partial charge on any atom is -0.497 e. The molecule has 0 aliphatic heterocycles. The van der Waals surface area contributed by atoms with Crippen molar-refractivity contribution in [2.45, 2.75) is 13.3 Å². The Morgan fingerprint density at radius 3 is 2.76 bits per heavy atom. The molecular formula is C18H20N4O3. The first kappa shape index (κ1) is 16.8. The Hall–Kier alpha value is -3.09. The molecule has 0 radical (unpaired) electrons. The largest absolute Gasteiger partial charge is 0.497 e. The number of pyridine rings is 1. The number of carbonyl (C=O) groups is 1. The molecule has 1 aromatic carbocycles. The molecule has 2 heterocycles. The molecule has 130 valence electrons. The van der Waals surface area contributed by atoms with Gasteiger partial charge in [-0.2, -0.15) is 5.10 Å². The van der Waals surface area contributed by atoms with E-state index in [4.69, 9.17) is 9.47 Å². The number of nitrogens with one attached hydrogen (secondary N) is 1. The van der Waals surface area contributed by atoms with Crippen LogP contribution in [0.15, 0.2) is 30.5 Å². The van der Waals surface area contributed by atoms with E-state index in [9.17, 15) is 4.79 Å². The number of carbonyl (C=O) groups excluding carboxylic acids is 1. The van der Waals surface area contributed by atoms with Crippen molar-refractivity contribution in [1.82, 2.24) is 14.8 Å². The van der Waals surface area contributed by atoms with E-state index in [0.717, 1.165) is 22.3 Å². The number of hydrogen-bond donors (Lipinski definition) is 1. The van der Waals surface area contributed by atoms with Gasteiger partial charge in [0.15, 0.2) is 5.65 Å². The quantitative estimate of drug-likeness (QED) is 0.772. The Balaban J connectivity index is 1.80. The average molecular weight is 340 g/mol. The zero-order valence-corrected chi connectivity index (χ0v) is 14.7. The summed E-state index contributed by atoms with van der Waals surface area (Å²) < 4.78 is 12.2.